The first kappa shape index (κ1) is 17.8. The van der Waals surface area contributed by atoms with E-state index in [1.165, 1.54) is 5.56 Å². The molecule has 27 heavy (non-hydrogen) atoms. The van der Waals surface area contributed by atoms with Crippen molar-refractivity contribution in [1.82, 2.24) is 15.1 Å². The van der Waals surface area contributed by atoms with Crippen LogP contribution in [-0.2, 0) is 17.6 Å². The Morgan fingerprint density at radius 3 is 2.59 bits per heavy atom. The fraction of sp³-hybridized carbons (Fsp3) is 0.476. The lowest BCUT2D eigenvalue weighted by Gasteiger charge is -2.15. The van der Waals surface area contributed by atoms with Gasteiger partial charge >= 0.3 is 5.97 Å². The highest BCUT2D eigenvalue weighted by atomic mass is 16.4. The Hall–Kier alpha value is -2.63. The zero-order valence-electron chi connectivity index (χ0n) is 15.6. The van der Waals surface area contributed by atoms with Gasteiger partial charge in [-0.1, -0.05) is 17.7 Å². The molecule has 0 radical (unpaired) electrons. The molecule has 4 rings (SSSR count). The average Bonchev–Trinajstić information content (AvgIpc) is 3.27. The van der Waals surface area contributed by atoms with Crippen molar-refractivity contribution >= 4 is 11.9 Å². The number of rotatable bonds is 4. The molecule has 2 N–H and O–H groups in total. The second-order valence-corrected chi connectivity index (χ2v) is 7.75. The summed E-state index contributed by atoms with van der Waals surface area (Å²) in [5.74, 6) is -1.29. The molecule has 0 saturated heterocycles. The van der Waals surface area contributed by atoms with Crippen molar-refractivity contribution in [2.24, 2.45) is 5.92 Å². The number of carboxylic acid groups (broad SMARTS) is 1. The van der Waals surface area contributed by atoms with E-state index in [1.807, 2.05) is 23.7 Å². The summed E-state index contributed by atoms with van der Waals surface area (Å²) in [6.45, 7) is 2.05. The Labute approximate surface area is 158 Å². The summed E-state index contributed by atoms with van der Waals surface area (Å²) in [6, 6.07) is 8.09. The largest absolute Gasteiger partial charge is 0.481 e. The Balaban J connectivity index is 1.60. The molecule has 6 heteroatoms. The van der Waals surface area contributed by atoms with E-state index in [-0.39, 0.29) is 17.9 Å². The third kappa shape index (κ3) is 3.48. The molecule has 1 fully saturated rings. The van der Waals surface area contributed by atoms with Crippen LogP contribution in [0.1, 0.15) is 59.4 Å². The minimum atomic E-state index is -0.771. The highest BCUT2D eigenvalue weighted by molar-refractivity contribution is 5.94. The van der Waals surface area contributed by atoms with E-state index in [9.17, 15) is 9.59 Å². The Morgan fingerprint density at radius 1 is 1.15 bits per heavy atom. The van der Waals surface area contributed by atoms with Crippen LogP contribution in [0.5, 0.6) is 0 Å². The van der Waals surface area contributed by atoms with Gasteiger partial charge in [0.05, 0.1) is 11.6 Å². The van der Waals surface area contributed by atoms with Crippen molar-refractivity contribution < 1.29 is 14.7 Å². The molecule has 1 amide bonds. The van der Waals surface area contributed by atoms with Gasteiger partial charge in [-0.3, -0.25) is 9.59 Å². The fourth-order valence-corrected chi connectivity index (χ4v) is 4.27. The molecule has 1 aromatic heterocycles. The quantitative estimate of drug-likeness (QED) is 0.870. The molecule has 2 aromatic rings. The fourth-order valence-electron chi connectivity index (χ4n) is 4.27. The summed E-state index contributed by atoms with van der Waals surface area (Å²) in [5.41, 5.74) is 4.85. The maximum absolute atomic E-state index is 12.9. The summed E-state index contributed by atoms with van der Waals surface area (Å²) in [5, 5.41) is 16.9. The van der Waals surface area contributed by atoms with Crippen LogP contribution in [0, 0.1) is 12.8 Å². The molecule has 2 atom stereocenters. The van der Waals surface area contributed by atoms with E-state index in [2.05, 4.69) is 22.5 Å². The van der Waals surface area contributed by atoms with Crippen LogP contribution in [0.4, 0.5) is 0 Å². The van der Waals surface area contributed by atoms with Gasteiger partial charge in [-0.15, -0.1) is 0 Å². The molecule has 2 aliphatic rings. The van der Waals surface area contributed by atoms with Crippen molar-refractivity contribution in [2.75, 3.05) is 0 Å². The van der Waals surface area contributed by atoms with Gasteiger partial charge in [-0.25, -0.2) is 4.68 Å². The van der Waals surface area contributed by atoms with Crippen LogP contribution in [0.25, 0.3) is 5.69 Å². The summed E-state index contributed by atoms with van der Waals surface area (Å²) in [6.07, 6.45) is 5.80. The third-order valence-corrected chi connectivity index (χ3v) is 5.79. The molecule has 0 unspecified atom stereocenters. The van der Waals surface area contributed by atoms with Gasteiger partial charge in [-0.2, -0.15) is 5.10 Å². The second kappa shape index (κ2) is 7.18. The zero-order valence-corrected chi connectivity index (χ0v) is 15.6. The second-order valence-electron chi connectivity index (χ2n) is 7.75. The normalized spacial score (nSPS) is 21.7. The van der Waals surface area contributed by atoms with Crippen molar-refractivity contribution in [3.05, 3.63) is 46.8 Å². The Bertz CT molecular complexity index is 870. The first-order valence-electron chi connectivity index (χ1n) is 9.74. The van der Waals surface area contributed by atoms with Gasteiger partial charge in [-0.05, 0) is 64.0 Å². The number of amides is 1. The lowest BCUT2D eigenvalue weighted by Crippen LogP contribution is -2.34. The molecule has 0 aliphatic heterocycles. The number of aryl methyl sites for hydroxylation is 1. The average molecular weight is 367 g/mol. The standard InChI is InChI=1S/C21H25N3O3/c1-13-6-10-16(11-7-13)24-18-5-3-2-4-17(18)19(23-24)20(25)22-15-9-8-14(12-15)21(26)27/h6-7,10-11,14-15H,2-5,8-9,12H2,1H3,(H,22,25)(H,26,27)/t14-,15+/m1/s1. The van der Waals surface area contributed by atoms with E-state index >= 15 is 0 Å². The summed E-state index contributed by atoms with van der Waals surface area (Å²) >= 11 is 0. The number of carbonyl (C=O) groups is 2. The van der Waals surface area contributed by atoms with Crippen molar-refractivity contribution in [3.8, 4) is 5.69 Å². The van der Waals surface area contributed by atoms with E-state index in [4.69, 9.17) is 5.11 Å². The van der Waals surface area contributed by atoms with Gasteiger partial charge in [0.2, 0.25) is 0 Å². The number of hydrogen-bond acceptors (Lipinski definition) is 3. The van der Waals surface area contributed by atoms with Gasteiger partial charge in [0.1, 0.15) is 0 Å². The first-order chi connectivity index (χ1) is 13.0. The van der Waals surface area contributed by atoms with E-state index in [0.717, 1.165) is 42.6 Å². The predicted molar refractivity (Wildman–Crippen MR) is 101 cm³/mol. The molecular formula is C21H25N3O3. The molecule has 1 heterocycles. The number of nitrogens with zero attached hydrogens (tertiary/aromatic N) is 2. The van der Waals surface area contributed by atoms with Crippen LogP contribution < -0.4 is 5.32 Å². The van der Waals surface area contributed by atoms with Crippen molar-refractivity contribution in [3.63, 3.8) is 0 Å². The number of fused-ring (bicyclic) bond motifs is 1. The van der Waals surface area contributed by atoms with Crippen LogP contribution >= 0.6 is 0 Å². The van der Waals surface area contributed by atoms with Crippen molar-refractivity contribution in [1.29, 1.82) is 0 Å². The number of hydrogen-bond donors (Lipinski definition) is 2. The van der Waals surface area contributed by atoms with E-state index < -0.39 is 5.97 Å². The third-order valence-electron chi connectivity index (χ3n) is 5.79. The maximum Gasteiger partial charge on any atom is 0.306 e. The van der Waals surface area contributed by atoms with E-state index in [0.29, 0.717) is 25.0 Å². The minimum Gasteiger partial charge on any atom is -0.481 e. The highest BCUT2D eigenvalue weighted by Gasteiger charge is 2.32. The van der Waals surface area contributed by atoms with E-state index in [1.54, 1.807) is 0 Å². The van der Waals surface area contributed by atoms with Crippen LogP contribution in [0.2, 0.25) is 0 Å². The topological polar surface area (TPSA) is 84.2 Å². The lowest BCUT2D eigenvalue weighted by atomic mass is 9.95. The maximum atomic E-state index is 12.9. The molecule has 142 valence electrons. The van der Waals surface area contributed by atoms with Gasteiger partial charge in [0.15, 0.2) is 5.69 Å². The summed E-state index contributed by atoms with van der Waals surface area (Å²) in [7, 11) is 0. The SMILES string of the molecule is Cc1ccc(-n2nc(C(=O)N[C@H]3CC[C@@H](C(=O)O)C3)c3c2CCCC3)cc1. The number of nitrogens with one attached hydrogen (secondary N) is 1. The number of aliphatic carboxylic acids is 1. The smallest absolute Gasteiger partial charge is 0.306 e. The molecule has 1 saturated carbocycles. The zero-order chi connectivity index (χ0) is 19.0. The predicted octanol–water partition coefficient (Wildman–Crippen LogP) is 3.04. The van der Waals surface area contributed by atoms with Crippen molar-refractivity contribution in [2.45, 2.75) is 57.9 Å². The molecule has 0 spiro atoms. The molecular weight excluding hydrogens is 342 g/mol. The molecule has 2 aliphatic carbocycles. The number of benzene rings is 1. The number of aromatic nitrogens is 2. The molecule has 1 aromatic carbocycles. The van der Waals surface area contributed by atoms with Gasteiger partial charge in [0, 0.05) is 17.3 Å². The Morgan fingerprint density at radius 2 is 1.89 bits per heavy atom. The Kier molecular flexibility index (Phi) is 4.72. The summed E-state index contributed by atoms with van der Waals surface area (Å²) in [4.78, 5) is 24.1. The lowest BCUT2D eigenvalue weighted by molar-refractivity contribution is -0.141. The molecule has 6 nitrogen and oxygen atoms in total. The first-order valence-corrected chi connectivity index (χ1v) is 9.74. The highest BCUT2D eigenvalue weighted by Crippen LogP contribution is 2.29. The van der Waals surface area contributed by atoms with Crippen LogP contribution in [-0.4, -0.2) is 32.8 Å². The summed E-state index contributed by atoms with van der Waals surface area (Å²) < 4.78 is 1.91. The number of carboxylic acids is 1. The number of carbonyl (C=O) groups excluding carboxylic acids is 1. The van der Waals surface area contributed by atoms with Crippen LogP contribution in [0.3, 0.4) is 0 Å². The monoisotopic (exact) mass is 367 g/mol. The van der Waals surface area contributed by atoms with Gasteiger partial charge in [0.25, 0.3) is 5.91 Å². The van der Waals surface area contributed by atoms with Crippen LogP contribution in [0.15, 0.2) is 24.3 Å². The van der Waals surface area contributed by atoms with Gasteiger partial charge < -0.3 is 10.4 Å². The molecule has 0 bridgehead atoms. The minimum absolute atomic E-state index is 0.0811.